The van der Waals surface area contributed by atoms with Crippen molar-refractivity contribution in [3.8, 4) is 0 Å². The summed E-state index contributed by atoms with van der Waals surface area (Å²) < 4.78 is 15.0. The molecule has 0 bridgehead atoms. The fourth-order valence-corrected chi connectivity index (χ4v) is 3.40. The minimum atomic E-state index is -0.758. The van der Waals surface area contributed by atoms with Crippen molar-refractivity contribution < 1.29 is 33.1 Å². The van der Waals surface area contributed by atoms with Gasteiger partial charge in [0.1, 0.15) is 5.56 Å². The summed E-state index contributed by atoms with van der Waals surface area (Å²) >= 11 is 6.13. The van der Waals surface area contributed by atoms with E-state index in [1.54, 1.807) is 24.3 Å². The number of hydrogen-bond acceptors (Lipinski definition) is 7. The molecule has 0 N–H and O–H groups in total. The van der Waals surface area contributed by atoms with Crippen LogP contribution in [0.3, 0.4) is 0 Å². The molecule has 1 aliphatic heterocycles. The molecule has 2 amide bonds. The summed E-state index contributed by atoms with van der Waals surface area (Å²) in [6, 6.07) is 11.9. The van der Waals surface area contributed by atoms with Crippen LogP contribution in [0.2, 0.25) is 5.02 Å². The molecule has 31 heavy (non-hydrogen) atoms. The molecule has 2 heterocycles. The molecule has 3 aromatic rings. The van der Waals surface area contributed by atoms with Crippen LogP contribution in [0.25, 0.3) is 0 Å². The van der Waals surface area contributed by atoms with Crippen molar-refractivity contribution in [2.24, 2.45) is 0 Å². The fourth-order valence-electron chi connectivity index (χ4n) is 3.18. The van der Waals surface area contributed by atoms with Crippen LogP contribution in [-0.4, -0.2) is 30.9 Å². The maximum absolute atomic E-state index is 12.9. The van der Waals surface area contributed by atoms with E-state index >= 15 is 0 Å². The molecule has 0 fully saturated rings. The highest BCUT2D eigenvalue weighted by Gasteiger charge is 2.38. The number of furan rings is 1. The summed E-state index contributed by atoms with van der Waals surface area (Å²) in [6.45, 7) is -0.314. The van der Waals surface area contributed by atoms with Crippen LogP contribution >= 0.6 is 11.6 Å². The van der Waals surface area contributed by atoms with E-state index in [-0.39, 0.29) is 45.3 Å². The Hall–Kier alpha value is -3.91. The first kappa shape index (κ1) is 20.4. The number of rotatable bonds is 5. The van der Waals surface area contributed by atoms with Gasteiger partial charge in [-0.3, -0.25) is 9.59 Å². The van der Waals surface area contributed by atoms with Crippen molar-refractivity contribution in [1.82, 2.24) is 0 Å². The summed E-state index contributed by atoms with van der Waals surface area (Å²) in [5, 5.41) is 0.247. The van der Waals surface area contributed by atoms with Gasteiger partial charge >= 0.3 is 11.9 Å². The highest BCUT2D eigenvalue weighted by molar-refractivity contribution is 6.39. The topological polar surface area (TPSA) is 103 Å². The molecule has 1 aromatic heterocycles. The number of ether oxygens (including phenoxy) is 2. The maximum atomic E-state index is 12.9. The highest BCUT2D eigenvalue weighted by atomic mass is 35.5. The van der Waals surface area contributed by atoms with E-state index in [9.17, 15) is 19.2 Å². The monoisotopic (exact) mass is 439 g/mol. The summed E-state index contributed by atoms with van der Waals surface area (Å²) in [5.41, 5.74) is 0.674. The SMILES string of the molecule is COC(=O)c1ccoc1COC(=O)c1ccc2c(c1)C(=O)N(c1ccccc1Cl)C2=O. The number of nitrogens with zero attached hydrogens (tertiary/aromatic N) is 1. The van der Waals surface area contributed by atoms with Gasteiger partial charge in [-0.2, -0.15) is 0 Å². The number of hydrogen-bond donors (Lipinski definition) is 0. The van der Waals surface area contributed by atoms with Crippen molar-refractivity contribution in [1.29, 1.82) is 0 Å². The van der Waals surface area contributed by atoms with Gasteiger partial charge in [0, 0.05) is 0 Å². The number of amides is 2. The second-order valence-electron chi connectivity index (χ2n) is 6.48. The van der Waals surface area contributed by atoms with Crippen molar-refractivity contribution in [2.45, 2.75) is 6.61 Å². The van der Waals surface area contributed by atoms with Gasteiger partial charge in [-0.15, -0.1) is 0 Å². The number of esters is 2. The molecular formula is C22H14ClNO7. The minimum Gasteiger partial charge on any atom is -0.465 e. The third-order valence-electron chi connectivity index (χ3n) is 4.70. The Labute approximate surface area is 180 Å². The summed E-state index contributed by atoms with van der Waals surface area (Å²) in [4.78, 5) is 50.7. The van der Waals surface area contributed by atoms with Gasteiger partial charge in [0.25, 0.3) is 11.8 Å². The number of benzene rings is 2. The Morgan fingerprint density at radius 2 is 1.74 bits per heavy atom. The summed E-state index contributed by atoms with van der Waals surface area (Å²) in [6.07, 6.45) is 1.28. The predicted octanol–water partition coefficient (Wildman–Crippen LogP) is 3.88. The molecule has 0 aliphatic carbocycles. The molecule has 0 spiro atoms. The molecule has 2 aromatic carbocycles. The van der Waals surface area contributed by atoms with Crippen LogP contribution in [0.1, 0.15) is 47.2 Å². The van der Waals surface area contributed by atoms with E-state index < -0.39 is 23.8 Å². The molecule has 9 heteroatoms. The van der Waals surface area contributed by atoms with Gasteiger partial charge in [-0.25, -0.2) is 14.5 Å². The van der Waals surface area contributed by atoms with Crippen LogP contribution in [0.5, 0.6) is 0 Å². The van der Waals surface area contributed by atoms with Crippen LogP contribution in [-0.2, 0) is 16.1 Å². The van der Waals surface area contributed by atoms with Crippen molar-refractivity contribution >= 4 is 41.0 Å². The average molecular weight is 440 g/mol. The van der Waals surface area contributed by atoms with Gasteiger partial charge < -0.3 is 13.9 Å². The zero-order valence-electron chi connectivity index (χ0n) is 16.1. The summed E-state index contributed by atoms with van der Waals surface area (Å²) in [7, 11) is 1.22. The second kappa shape index (κ2) is 8.08. The molecule has 0 saturated carbocycles. The van der Waals surface area contributed by atoms with E-state index in [0.29, 0.717) is 0 Å². The lowest BCUT2D eigenvalue weighted by atomic mass is 10.1. The Kier molecular flexibility index (Phi) is 5.31. The number of imide groups is 1. The Morgan fingerprint density at radius 1 is 1.00 bits per heavy atom. The lowest BCUT2D eigenvalue weighted by Crippen LogP contribution is -2.29. The predicted molar refractivity (Wildman–Crippen MR) is 108 cm³/mol. The van der Waals surface area contributed by atoms with E-state index in [4.69, 9.17) is 20.8 Å². The van der Waals surface area contributed by atoms with Gasteiger partial charge in [-0.05, 0) is 36.4 Å². The Morgan fingerprint density at radius 3 is 2.48 bits per heavy atom. The van der Waals surface area contributed by atoms with Gasteiger partial charge in [0.15, 0.2) is 12.4 Å². The summed E-state index contributed by atoms with van der Waals surface area (Å²) in [5.74, 6) is -2.39. The lowest BCUT2D eigenvalue weighted by molar-refractivity contribution is 0.0432. The molecule has 1 aliphatic rings. The van der Waals surface area contributed by atoms with Crippen molar-refractivity contribution in [3.63, 3.8) is 0 Å². The average Bonchev–Trinajstić information content (AvgIpc) is 3.35. The molecule has 0 radical (unpaired) electrons. The highest BCUT2D eigenvalue weighted by Crippen LogP contribution is 2.33. The largest absolute Gasteiger partial charge is 0.465 e. The van der Waals surface area contributed by atoms with Gasteiger partial charge in [0.2, 0.25) is 0 Å². The number of anilines is 1. The van der Waals surface area contributed by atoms with E-state index in [1.807, 2.05) is 0 Å². The number of methoxy groups -OCH3 is 1. The Bertz CT molecular complexity index is 1230. The molecule has 0 unspecified atom stereocenters. The van der Waals surface area contributed by atoms with E-state index in [0.717, 1.165) is 4.90 Å². The first-order valence-electron chi connectivity index (χ1n) is 9.01. The number of carbonyl (C=O) groups is 4. The minimum absolute atomic E-state index is 0.0621. The zero-order chi connectivity index (χ0) is 22.1. The number of halogens is 1. The Balaban J connectivity index is 1.55. The van der Waals surface area contributed by atoms with Gasteiger partial charge in [0.05, 0.1) is 40.8 Å². The van der Waals surface area contributed by atoms with E-state index in [1.165, 1.54) is 37.6 Å². The third-order valence-corrected chi connectivity index (χ3v) is 5.02. The molecule has 156 valence electrons. The molecule has 4 rings (SSSR count). The van der Waals surface area contributed by atoms with Crippen LogP contribution in [0, 0.1) is 0 Å². The molecule has 8 nitrogen and oxygen atoms in total. The lowest BCUT2D eigenvalue weighted by Gasteiger charge is -2.15. The maximum Gasteiger partial charge on any atom is 0.341 e. The van der Waals surface area contributed by atoms with Crippen LogP contribution in [0.4, 0.5) is 5.69 Å². The molecular weight excluding hydrogens is 426 g/mol. The third kappa shape index (κ3) is 3.57. The smallest absolute Gasteiger partial charge is 0.341 e. The number of fused-ring (bicyclic) bond motifs is 1. The first-order chi connectivity index (χ1) is 14.9. The second-order valence-corrected chi connectivity index (χ2v) is 6.89. The van der Waals surface area contributed by atoms with Crippen LogP contribution < -0.4 is 4.90 Å². The fraction of sp³-hybridized carbons (Fsp3) is 0.0909. The van der Waals surface area contributed by atoms with Crippen molar-refractivity contribution in [2.75, 3.05) is 12.0 Å². The molecule has 0 atom stereocenters. The standard InChI is InChI=1S/C22H14ClNO7/c1-29-22(28)14-8-9-30-18(14)11-31-21(27)12-6-7-13-15(10-12)20(26)24(19(13)25)17-5-3-2-4-16(17)23/h2-10H,11H2,1H3. The van der Waals surface area contributed by atoms with Crippen LogP contribution in [0.15, 0.2) is 59.2 Å². The van der Waals surface area contributed by atoms with Crippen molar-refractivity contribution in [3.05, 3.63) is 87.8 Å². The first-order valence-corrected chi connectivity index (χ1v) is 9.39. The number of carbonyl (C=O) groups excluding carboxylic acids is 4. The quantitative estimate of drug-likeness (QED) is 0.439. The zero-order valence-corrected chi connectivity index (χ0v) is 16.8. The number of para-hydroxylation sites is 1. The van der Waals surface area contributed by atoms with E-state index in [2.05, 4.69) is 4.74 Å². The normalized spacial score (nSPS) is 12.6. The van der Waals surface area contributed by atoms with Gasteiger partial charge in [-0.1, -0.05) is 23.7 Å². The molecule has 0 saturated heterocycles.